The largest absolute Gasteiger partial charge is 0.416 e. The fourth-order valence-corrected chi connectivity index (χ4v) is 6.16. The third kappa shape index (κ3) is 4.45. The molecule has 3 atom stereocenters. The van der Waals surface area contributed by atoms with Gasteiger partial charge >= 0.3 is 6.18 Å². The van der Waals surface area contributed by atoms with Crippen LogP contribution in [0.5, 0.6) is 0 Å². The minimum atomic E-state index is -4.56. The molecule has 0 radical (unpaired) electrons. The molecule has 13 heteroatoms. The second-order valence-corrected chi connectivity index (χ2v) is 10.9. The summed E-state index contributed by atoms with van der Waals surface area (Å²) in [6.45, 7) is 4.91. The van der Waals surface area contributed by atoms with Gasteiger partial charge in [0, 0.05) is 30.9 Å². The average Bonchev–Trinajstić information content (AvgIpc) is 2.85. The van der Waals surface area contributed by atoms with Gasteiger partial charge in [-0.1, -0.05) is 17.2 Å². The lowest BCUT2D eigenvalue weighted by Crippen LogP contribution is -2.71. The van der Waals surface area contributed by atoms with Crippen molar-refractivity contribution in [1.29, 1.82) is 0 Å². The van der Waals surface area contributed by atoms with Crippen molar-refractivity contribution in [3.05, 3.63) is 56.1 Å². The normalized spacial score (nSPS) is 21.6. The molecular formula is C26H25ClF3N7O2. The van der Waals surface area contributed by atoms with Crippen LogP contribution >= 0.6 is 11.6 Å². The highest BCUT2D eigenvalue weighted by Crippen LogP contribution is 2.44. The summed E-state index contributed by atoms with van der Waals surface area (Å²) in [6.07, 6.45) is -1.29. The SMILES string of the molecule is CC(C)=Cc1nnc2c(n1)c(=O)c1c(n2CC(=O)Nc2ccc(C(F)(F)F)cc2Cl)CC2C[C@@H]3NCCN1[C@@H]23. The molecule has 1 saturated heterocycles. The van der Waals surface area contributed by atoms with Gasteiger partial charge in [0.1, 0.15) is 12.2 Å². The number of rotatable bonds is 4. The molecule has 204 valence electrons. The van der Waals surface area contributed by atoms with Crippen molar-refractivity contribution in [2.75, 3.05) is 23.3 Å². The lowest BCUT2D eigenvalue weighted by Gasteiger charge is -2.58. The molecule has 1 aromatic carbocycles. The van der Waals surface area contributed by atoms with Gasteiger partial charge in [-0.15, -0.1) is 10.2 Å². The number of anilines is 2. The highest BCUT2D eigenvalue weighted by molar-refractivity contribution is 6.33. The molecule has 3 aliphatic rings. The van der Waals surface area contributed by atoms with Gasteiger partial charge in [0.2, 0.25) is 11.3 Å². The van der Waals surface area contributed by atoms with Gasteiger partial charge in [-0.3, -0.25) is 9.59 Å². The van der Waals surface area contributed by atoms with E-state index in [-0.39, 0.29) is 39.9 Å². The molecule has 4 heterocycles. The molecule has 1 amide bonds. The van der Waals surface area contributed by atoms with Crippen LogP contribution in [0.1, 0.15) is 37.4 Å². The molecule has 1 unspecified atom stereocenters. The third-order valence-corrected chi connectivity index (χ3v) is 7.89. The topological polar surface area (TPSA) is 105 Å². The Hall–Kier alpha value is -3.51. The molecule has 1 saturated carbocycles. The highest BCUT2D eigenvalue weighted by Gasteiger charge is 2.51. The second-order valence-electron chi connectivity index (χ2n) is 10.5. The highest BCUT2D eigenvalue weighted by atomic mass is 35.5. The van der Waals surface area contributed by atoms with E-state index in [1.165, 1.54) is 0 Å². The number of alkyl halides is 3. The number of fused-ring (bicyclic) bond motifs is 3. The van der Waals surface area contributed by atoms with Crippen LogP contribution in [-0.2, 0) is 23.9 Å². The Morgan fingerprint density at radius 3 is 2.79 bits per heavy atom. The zero-order valence-electron chi connectivity index (χ0n) is 21.1. The Kier molecular flexibility index (Phi) is 6.14. The van der Waals surface area contributed by atoms with Gasteiger partial charge in [-0.25, -0.2) is 4.98 Å². The van der Waals surface area contributed by atoms with Crippen LogP contribution in [0.3, 0.4) is 0 Å². The molecular weight excluding hydrogens is 535 g/mol. The first-order valence-electron chi connectivity index (χ1n) is 12.6. The lowest BCUT2D eigenvalue weighted by molar-refractivity contribution is -0.137. The first-order chi connectivity index (χ1) is 18.5. The summed E-state index contributed by atoms with van der Waals surface area (Å²) in [5.74, 6) is 0.0761. The Morgan fingerprint density at radius 1 is 1.28 bits per heavy atom. The molecule has 2 N–H and O–H groups in total. The number of pyridine rings is 1. The summed E-state index contributed by atoms with van der Waals surface area (Å²) in [4.78, 5) is 33.7. The molecule has 0 bridgehead atoms. The van der Waals surface area contributed by atoms with Crippen molar-refractivity contribution < 1.29 is 18.0 Å². The van der Waals surface area contributed by atoms with E-state index in [9.17, 15) is 22.8 Å². The van der Waals surface area contributed by atoms with Crippen LogP contribution in [0.4, 0.5) is 24.5 Å². The van der Waals surface area contributed by atoms with Crippen LogP contribution < -0.4 is 21.0 Å². The maximum atomic E-state index is 13.8. The summed E-state index contributed by atoms with van der Waals surface area (Å²) < 4.78 is 40.8. The number of hydrogen-bond acceptors (Lipinski definition) is 7. The van der Waals surface area contributed by atoms with E-state index >= 15 is 0 Å². The second kappa shape index (κ2) is 9.30. The number of carbonyl (C=O) groups excluding carboxylic acids is 1. The van der Waals surface area contributed by atoms with E-state index in [2.05, 4.69) is 30.7 Å². The van der Waals surface area contributed by atoms with Crippen molar-refractivity contribution in [3.8, 4) is 0 Å². The van der Waals surface area contributed by atoms with Gasteiger partial charge < -0.3 is 20.1 Å². The molecule has 3 aromatic rings. The predicted molar refractivity (Wildman–Crippen MR) is 141 cm³/mol. The number of hydrogen-bond donors (Lipinski definition) is 2. The lowest BCUT2D eigenvalue weighted by atomic mass is 9.68. The molecule has 2 aromatic heterocycles. The number of piperazine rings is 1. The van der Waals surface area contributed by atoms with Gasteiger partial charge in [-0.2, -0.15) is 13.2 Å². The summed E-state index contributed by atoms with van der Waals surface area (Å²) in [7, 11) is 0. The van der Waals surface area contributed by atoms with E-state index in [0.29, 0.717) is 42.1 Å². The smallest absolute Gasteiger partial charge is 0.361 e. The summed E-state index contributed by atoms with van der Waals surface area (Å²) >= 11 is 6.06. The molecule has 9 nitrogen and oxygen atoms in total. The summed E-state index contributed by atoms with van der Waals surface area (Å²) in [6, 6.07) is 3.27. The van der Waals surface area contributed by atoms with Crippen molar-refractivity contribution in [2.24, 2.45) is 5.92 Å². The molecule has 0 spiro atoms. The number of amides is 1. The minimum absolute atomic E-state index is 0.0490. The average molecular weight is 560 g/mol. The van der Waals surface area contributed by atoms with Crippen LogP contribution in [0, 0.1) is 5.92 Å². The monoisotopic (exact) mass is 559 g/mol. The van der Waals surface area contributed by atoms with E-state index in [4.69, 9.17) is 11.6 Å². The first-order valence-corrected chi connectivity index (χ1v) is 13.0. The number of allylic oxidation sites excluding steroid dienone is 1. The predicted octanol–water partition coefficient (Wildman–Crippen LogP) is 3.64. The van der Waals surface area contributed by atoms with Gasteiger partial charge in [-0.05, 0) is 56.9 Å². The summed E-state index contributed by atoms with van der Waals surface area (Å²) in [5, 5.41) is 14.4. The molecule has 2 aliphatic heterocycles. The van der Waals surface area contributed by atoms with E-state index in [0.717, 1.165) is 36.7 Å². The number of nitrogens with one attached hydrogen (secondary N) is 2. The molecule has 2 fully saturated rings. The van der Waals surface area contributed by atoms with Gasteiger partial charge in [0.25, 0.3) is 0 Å². The fraction of sp³-hybridized carbons (Fsp3) is 0.423. The van der Waals surface area contributed by atoms with E-state index < -0.39 is 17.6 Å². The minimum Gasteiger partial charge on any atom is -0.361 e. The van der Waals surface area contributed by atoms with Crippen molar-refractivity contribution in [1.82, 2.24) is 25.1 Å². The molecule has 1 aliphatic carbocycles. The van der Waals surface area contributed by atoms with Crippen LogP contribution in [0.2, 0.25) is 5.02 Å². The molecule has 39 heavy (non-hydrogen) atoms. The zero-order chi connectivity index (χ0) is 27.6. The first kappa shape index (κ1) is 25.8. The number of aromatic nitrogens is 4. The zero-order valence-corrected chi connectivity index (χ0v) is 21.9. The van der Waals surface area contributed by atoms with E-state index in [1.807, 2.05) is 13.8 Å². The van der Waals surface area contributed by atoms with Crippen molar-refractivity contribution >= 4 is 46.1 Å². The van der Waals surface area contributed by atoms with Crippen molar-refractivity contribution in [3.63, 3.8) is 0 Å². The maximum absolute atomic E-state index is 13.8. The molecule has 6 rings (SSSR count). The van der Waals surface area contributed by atoms with Crippen LogP contribution in [-0.4, -0.2) is 50.8 Å². The Bertz CT molecular complexity index is 1600. The number of nitrogens with zero attached hydrogens (tertiary/aromatic N) is 5. The summed E-state index contributed by atoms with van der Waals surface area (Å²) in [5.41, 5.74) is 1.34. The number of halogens is 4. The number of benzene rings is 1. The maximum Gasteiger partial charge on any atom is 0.416 e. The van der Waals surface area contributed by atoms with Crippen LogP contribution in [0.15, 0.2) is 28.6 Å². The standard InChI is InChI=1S/C26H25ClF3N7O2/c1-12(2)7-19-33-21-24(39)23-18(9-13-8-17-22(13)36(23)6-5-31-17)37(25(21)35-34-19)11-20(38)32-16-4-3-14(10-15(16)27)26(28,29)30/h3-4,7,10,13,17,22,31H,5-6,8-9,11H2,1-2H3,(H,32,38)/t13?,17-,22-/m0/s1. The van der Waals surface area contributed by atoms with Gasteiger partial charge in [0.15, 0.2) is 17.0 Å². The fourth-order valence-electron chi connectivity index (χ4n) is 5.93. The van der Waals surface area contributed by atoms with E-state index in [1.54, 1.807) is 10.6 Å². The Balaban J connectivity index is 1.43. The number of carbonyl (C=O) groups is 1. The third-order valence-electron chi connectivity index (χ3n) is 7.57. The van der Waals surface area contributed by atoms with Crippen LogP contribution in [0.25, 0.3) is 17.2 Å². The Labute approximate surface area is 226 Å². The van der Waals surface area contributed by atoms with Gasteiger partial charge in [0.05, 0.1) is 16.3 Å². The Morgan fingerprint density at radius 2 is 2.08 bits per heavy atom. The van der Waals surface area contributed by atoms with Crippen molar-refractivity contribution in [2.45, 2.75) is 51.5 Å². The quantitative estimate of drug-likeness (QED) is 0.503.